The minimum absolute atomic E-state index is 0.174. The molecule has 50 heavy (non-hydrogen) atoms. The minimum Gasteiger partial charge on any atom is -0.339 e. The molecule has 0 saturated carbocycles. The molecule has 2 aromatic rings. The summed E-state index contributed by atoms with van der Waals surface area (Å²) in [4.78, 5) is 31.0. The minimum atomic E-state index is 0.174. The second kappa shape index (κ2) is 28.9. The molecular formula is C44H76N4O2+2. The van der Waals surface area contributed by atoms with Crippen LogP contribution in [0.25, 0.3) is 0 Å². The van der Waals surface area contributed by atoms with Gasteiger partial charge in [-0.25, -0.2) is 9.13 Å². The summed E-state index contributed by atoms with van der Waals surface area (Å²) in [5.74, 6) is 0.348. The van der Waals surface area contributed by atoms with Crippen LogP contribution in [0.2, 0.25) is 0 Å². The van der Waals surface area contributed by atoms with Crippen molar-refractivity contribution in [2.24, 2.45) is 0 Å². The summed E-state index contributed by atoms with van der Waals surface area (Å²) >= 11 is 0. The average Bonchev–Trinajstić information content (AvgIpc) is 3.14. The van der Waals surface area contributed by atoms with Crippen LogP contribution in [0.4, 0.5) is 0 Å². The maximum Gasteiger partial charge on any atom is 0.254 e. The van der Waals surface area contributed by atoms with Crippen molar-refractivity contribution in [3.63, 3.8) is 0 Å². The quantitative estimate of drug-likeness (QED) is 0.0583. The lowest BCUT2D eigenvalue weighted by molar-refractivity contribution is -0.697. The lowest BCUT2D eigenvalue weighted by atomic mass is 10.1. The number of aryl methyl sites for hydroxylation is 2. The number of hydrogen-bond donors (Lipinski definition) is 0. The van der Waals surface area contributed by atoms with E-state index in [0.29, 0.717) is 0 Å². The maximum absolute atomic E-state index is 13.4. The summed E-state index contributed by atoms with van der Waals surface area (Å²) in [6, 6.07) is 8.05. The summed E-state index contributed by atoms with van der Waals surface area (Å²) in [5, 5.41) is 0. The predicted octanol–water partition coefficient (Wildman–Crippen LogP) is 10.5. The Morgan fingerprint density at radius 3 is 1.02 bits per heavy atom. The third-order valence-corrected chi connectivity index (χ3v) is 10.1. The van der Waals surface area contributed by atoms with Gasteiger partial charge in [-0.15, -0.1) is 0 Å². The molecule has 0 N–H and O–H groups in total. The van der Waals surface area contributed by atoms with Gasteiger partial charge in [0.15, 0.2) is 24.8 Å². The fourth-order valence-electron chi connectivity index (χ4n) is 6.65. The Kier molecular flexibility index (Phi) is 25.1. The SMILES string of the molecule is CCCCCCCC[n+]1ccc(C(=O)N(CCCC)CCCCCCCCN(CCCC)C(=O)c2cc[n+](CCCCCCCC)cc2)cc1. The van der Waals surface area contributed by atoms with E-state index in [0.717, 1.165) is 102 Å². The lowest BCUT2D eigenvalue weighted by Gasteiger charge is -2.23. The first-order valence-electron chi connectivity index (χ1n) is 21.1. The number of hydrogen-bond acceptors (Lipinski definition) is 2. The molecule has 0 spiro atoms. The number of unbranched alkanes of at least 4 members (excludes halogenated alkanes) is 17. The molecule has 0 aromatic carbocycles. The molecule has 0 saturated heterocycles. The zero-order valence-corrected chi connectivity index (χ0v) is 33.0. The van der Waals surface area contributed by atoms with Gasteiger partial charge in [-0.1, -0.05) is 118 Å². The number of carbonyl (C=O) groups is 2. The number of carbonyl (C=O) groups excluding carboxylic acids is 2. The number of pyridine rings is 2. The zero-order chi connectivity index (χ0) is 36.1. The Labute approximate surface area is 308 Å². The summed E-state index contributed by atoms with van der Waals surface area (Å²) in [6.07, 6.45) is 34.9. The molecule has 0 bridgehead atoms. The van der Waals surface area contributed by atoms with Crippen molar-refractivity contribution in [2.45, 2.75) is 182 Å². The summed E-state index contributed by atoms with van der Waals surface area (Å²) in [7, 11) is 0. The van der Waals surface area contributed by atoms with E-state index >= 15 is 0 Å². The van der Waals surface area contributed by atoms with Gasteiger partial charge >= 0.3 is 0 Å². The molecule has 2 heterocycles. The van der Waals surface area contributed by atoms with E-state index in [9.17, 15) is 9.59 Å². The third-order valence-electron chi connectivity index (χ3n) is 10.1. The monoisotopic (exact) mass is 693 g/mol. The second-order valence-corrected chi connectivity index (χ2v) is 14.6. The number of rotatable bonds is 31. The van der Waals surface area contributed by atoms with Gasteiger partial charge < -0.3 is 9.80 Å². The fourth-order valence-corrected chi connectivity index (χ4v) is 6.65. The van der Waals surface area contributed by atoms with Crippen molar-refractivity contribution in [1.82, 2.24) is 9.80 Å². The van der Waals surface area contributed by atoms with E-state index in [4.69, 9.17) is 0 Å². The molecule has 2 rings (SSSR count). The highest BCUT2D eigenvalue weighted by Gasteiger charge is 2.18. The molecule has 2 aromatic heterocycles. The van der Waals surface area contributed by atoms with Crippen LogP contribution in [0.1, 0.15) is 190 Å². The lowest BCUT2D eigenvalue weighted by Crippen LogP contribution is -2.36. The largest absolute Gasteiger partial charge is 0.339 e. The van der Waals surface area contributed by atoms with E-state index in [-0.39, 0.29) is 11.8 Å². The molecule has 0 aliphatic rings. The van der Waals surface area contributed by atoms with E-state index in [1.54, 1.807) is 0 Å². The van der Waals surface area contributed by atoms with Crippen LogP contribution in [0, 0.1) is 0 Å². The highest BCUT2D eigenvalue weighted by Crippen LogP contribution is 2.13. The van der Waals surface area contributed by atoms with Crippen molar-refractivity contribution in [3.05, 3.63) is 60.2 Å². The van der Waals surface area contributed by atoms with Crippen LogP contribution in [0.15, 0.2) is 49.1 Å². The van der Waals surface area contributed by atoms with E-state index in [1.807, 2.05) is 24.3 Å². The third kappa shape index (κ3) is 19.0. The Bertz CT molecular complexity index is 1030. The van der Waals surface area contributed by atoms with Crippen LogP contribution in [-0.4, -0.2) is 47.8 Å². The Morgan fingerprint density at radius 1 is 0.400 bits per heavy atom. The summed E-state index contributed by atoms with van der Waals surface area (Å²) in [6.45, 7) is 14.3. The molecule has 0 fully saturated rings. The molecule has 282 valence electrons. The maximum atomic E-state index is 13.4. The summed E-state index contributed by atoms with van der Waals surface area (Å²) < 4.78 is 4.44. The molecule has 0 radical (unpaired) electrons. The van der Waals surface area contributed by atoms with Crippen LogP contribution >= 0.6 is 0 Å². The predicted molar refractivity (Wildman–Crippen MR) is 209 cm³/mol. The molecule has 0 aliphatic carbocycles. The van der Waals surface area contributed by atoms with Crippen molar-refractivity contribution in [2.75, 3.05) is 26.2 Å². The van der Waals surface area contributed by atoms with Crippen LogP contribution in [0.3, 0.4) is 0 Å². The van der Waals surface area contributed by atoms with E-state index < -0.39 is 0 Å². The van der Waals surface area contributed by atoms with Gasteiger partial charge in [0.25, 0.3) is 11.8 Å². The van der Waals surface area contributed by atoms with Gasteiger partial charge in [0.1, 0.15) is 13.1 Å². The van der Waals surface area contributed by atoms with Crippen molar-refractivity contribution in [3.8, 4) is 0 Å². The van der Waals surface area contributed by atoms with Crippen molar-refractivity contribution in [1.29, 1.82) is 0 Å². The molecular weight excluding hydrogens is 617 g/mol. The van der Waals surface area contributed by atoms with Gasteiger partial charge in [-0.3, -0.25) is 9.59 Å². The molecule has 2 amide bonds. The van der Waals surface area contributed by atoms with Gasteiger partial charge in [0.2, 0.25) is 0 Å². The fraction of sp³-hybridized carbons (Fsp3) is 0.727. The van der Waals surface area contributed by atoms with E-state index in [2.05, 4.69) is 71.4 Å². The van der Waals surface area contributed by atoms with Crippen LogP contribution < -0.4 is 9.13 Å². The first kappa shape index (κ1) is 43.4. The first-order chi connectivity index (χ1) is 24.5. The standard InChI is InChI=1S/C44H76N4O2/c1-5-9-13-15-19-23-31-45-37-27-41(28-38-45)43(49)47(33-11-7-3)35-25-21-17-18-22-26-36-48(34-12-8-4)44(50)42-29-39-46(40-30-42)32-24-20-16-14-10-6-2/h27-30,37-40H,5-26,31-36H2,1-4H3/q+2. The molecule has 6 nitrogen and oxygen atoms in total. The van der Waals surface area contributed by atoms with Crippen molar-refractivity contribution >= 4 is 11.8 Å². The molecule has 0 aliphatic heterocycles. The van der Waals surface area contributed by atoms with Gasteiger partial charge in [-0.2, -0.15) is 0 Å². The topological polar surface area (TPSA) is 48.4 Å². The van der Waals surface area contributed by atoms with Crippen LogP contribution in [0.5, 0.6) is 0 Å². The molecule has 0 unspecified atom stereocenters. The number of amides is 2. The highest BCUT2D eigenvalue weighted by molar-refractivity contribution is 5.94. The normalized spacial score (nSPS) is 11.2. The van der Waals surface area contributed by atoms with Gasteiger partial charge in [0, 0.05) is 63.3 Å². The molecule has 6 heteroatoms. The highest BCUT2D eigenvalue weighted by atomic mass is 16.2. The first-order valence-corrected chi connectivity index (χ1v) is 21.1. The Balaban J connectivity index is 1.70. The molecule has 0 atom stereocenters. The summed E-state index contributed by atoms with van der Waals surface area (Å²) in [5.41, 5.74) is 1.62. The number of aromatic nitrogens is 2. The van der Waals surface area contributed by atoms with Crippen LogP contribution in [-0.2, 0) is 13.1 Å². The average molecular weight is 693 g/mol. The Morgan fingerprint density at radius 2 is 0.680 bits per heavy atom. The number of nitrogens with zero attached hydrogens (tertiary/aromatic N) is 4. The smallest absolute Gasteiger partial charge is 0.254 e. The van der Waals surface area contributed by atoms with Gasteiger partial charge in [-0.05, 0) is 38.5 Å². The van der Waals surface area contributed by atoms with E-state index in [1.165, 1.54) is 89.9 Å². The van der Waals surface area contributed by atoms with Crippen molar-refractivity contribution < 1.29 is 18.7 Å². The van der Waals surface area contributed by atoms with Gasteiger partial charge in [0.05, 0.1) is 11.1 Å². The Hall–Kier alpha value is -2.76. The second-order valence-electron chi connectivity index (χ2n) is 14.6. The zero-order valence-electron chi connectivity index (χ0n) is 33.0.